The number of carbonyl (C=O) groups excluding carboxylic acids is 1. The number of carbonyl (C=O) groups is 1. The predicted molar refractivity (Wildman–Crippen MR) is 75.5 cm³/mol. The molecule has 0 N–H and O–H groups in total. The number of ketones is 1. The summed E-state index contributed by atoms with van der Waals surface area (Å²) in [5.74, 6) is -0.306. The van der Waals surface area contributed by atoms with Gasteiger partial charge in [-0.15, -0.1) is 5.73 Å². The van der Waals surface area contributed by atoms with Crippen molar-refractivity contribution >= 4 is 17.4 Å². The van der Waals surface area contributed by atoms with Gasteiger partial charge in [-0.25, -0.2) is 0 Å². The number of halogens is 1. The molecule has 0 fully saturated rings. The molecule has 2 aliphatic rings. The van der Waals surface area contributed by atoms with Crippen molar-refractivity contribution in [3.05, 3.63) is 92.1 Å². The maximum Gasteiger partial charge on any atom is 0.330 e. The number of hydrogen-bond donors (Lipinski definition) is 0. The van der Waals surface area contributed by atoms with E-state index in [-0.39, 0.29) is 22.1 Å². The minimum absolute atomic E-state index is 0.0725. The zero-order valence-electron chi connectivity index (χ0n) is 10.2. The molecular formula is C15H8ClNO3. The molecule has 0 aromatic rings. The Morgan fingerprint density at radius 2 is 2.00 bits per heavy atom. The third kappa shape index (κ3) is 3.02. The minimum atomic E-state index is -0.648. The minimum Gasteiger partial charge on any atom is -0.288 e. The van der Waals surface area contributed by atoms with E-state index in [4.69, 9.17) is 11.6 Å². The standard InChI is InChI=1S/C15H8ClNO3/c16-13-9-7-12(8-10-14(13)17(19)20)15(18)11-5-3-1-2-4-6-11/h1-5,7-9H. The summed E-state index contributed by atoms with van der Waals surface area (Å²) in [5.41, 5.74) is 5.50. The monoisotopic (exact) mass is 285 g/mol. The van der Waals surface area contributed by atoms with Gasteiger partial charge >= 0.3 is 5.70 Å². The van der Waals surface area contributed by atoms with Gasteiger partial charge < -0.3 is 0 Å². The molecule has 4 nitrogen and oxygen atoms in total. The first kappa shape index (κ1) is 13.8. The van der Waals surface area contributed by atoms with Crippen LogP contribution in [0.25, 0.3) is 0 Å². The van der Waals surface area contributed by atoms with E-state index in [1.807, 2.05) is 0 Å². The topological polar surface area (TPSA) is 60.2 Å². The fourth-order valence-electron chi connectivity index (χ4n) is 1.54. The van der Waals surface area contributed by atoms with E-state index in [9.17, 15) is 14.9 Å². The van der Waals surface area contributed by atoms with Crippen LogP contribution in [0.3, 0.4) is 0 Å². The van der Waals surface area contributed by atoms with Crippen molar-refractivity contribution in [3.63, 3.8) is 0 Å². The van der Waals surface area contributed by atoms with Crippen LogP contribution in [0.5, 0.6) is 0 Å². The average Bonchev–Trinajstić information content (AvgIpc) is 2.78. The molecule has 0 heterocycles. The second-order valence-corrected chi connectivity index (χ2v) is 4.24. The van der Waals surface area contributed by atoms with Gasteiger partial charge in [-0.05, 0) is 36.1 Å². The lowest BCUT2D eigenvalue weighted by atomic mass is 10.0. The molecule has 0 aromatic heterocycles. The fraction of sp³-hybridized carbons (Fsp3) is 0. The first-order chi connectivity index (χ1) is 9.59. The molecule has 0 aromatic carbocycles. The molecule has 0 aliphatic heterocycles. The Morgan fingerprint density at radius 3 is 2.75 bits per heavy atom. The second-order valence-electron chi connectivity index (χ2n) is 3.83. The third-order valence-corrected chi connectivity index (χ3v) is 2.81. The molecule has 0 radical (unpaired) electrons. The summed E-state index contributed by atoms with van der Waals surface area (Å²) in [4.78, 5) is 22.4. The number of rotatable bonds is 3. The molecule has 0 amide bonds. The summed E-state index contributed by atoms with van der Waals surface area (Å²) in [7, 11) is 0. The summed E-state index contributed by atoms with van der Waals surface area (Å²) in [6.45, 7) is 0. The molecule has 0 saturated heterocycles. The molecular weight excluding hydrogens is 278 g/mol. The van der Waals surface area contributed by atoms with Gasteiger partial charge in [-0.1, -0.05) is 29.8 Å². The first-order valence-corrected chi connectivity index (χ1v) is 6.01. The molecule has 0 saturated carbocycles. The maximum absolute atomic E-state index is 12.3. The van der Waals surface area contributed by atoms with Gasteiger partial charge in [0.1, 0.15) is 5.03 Å². The Labute approximate surface area is 119 Å². The molecule has 2 rings (SSSR count). The zero-order chi connectivity index (χ0) is 14.5. The smallest absolute Gasteiger partial charge is 0.288 e. The van der Waals surface area contributed by atoms with E-state index < -0.39 is 4.92 Å². The number of hydrogen-bond acceptors (Lipinski definition) is 3. The van der Waals surface area contributed by atoms with Crippen molar-refractivity contribution in [3.8, 4) is 0 Å². The van der Waals surface area contributed by atoms with Gasteiger partial charge in [0.15, 0.2) is 0 Å². The maximum atomic E-state index is 12.3. The second kappa shape index (κ2) is 6.00. The SMILES string of the molecule is O=C(C1=C=CC=CC=C1)C1=CC=C(Cl)C([N+](=O)[O-])=C=C1. The Balaban J connectivity index is 2.40. The highest BCUT2D eigenvalue weighted by atomic mass is 35.5. The van der Waals surface area contributed by atoms with Crippen molar-refractivity contribution in [2.45, 2.75) is 0 Å². The quantitative estimate of drug-likeness (QED) is 0.455. The Morgan fingerprint density at radius 1 is 1.20 bits per heavy atom. The van der Waals surface area contributed by atoms with Crippen molar-refractivity contribution in [1.29, 1.82) is 0 Å². The first-order valence-electron chi connectivity index (χ1n) is 5.63. The van der Waals surface area contributed by atoms with Crippen LogP contribution in [-0.2, 0) is 4.79 Å². The highest BCUT2D eigenvalue weighted by molar-refractivity contribution is 6.32. The zero-order valence-corrected chi connectivity index (χ0v) is 10.9. The van der Waals surface area contributed by atoms with E-state index in [0.717, 1.165) is 0 Å². The van der Waals surface area contributed by atoms with Crippen molar-refractivity contribution < 1.29 is 9.72 Å². The van der Waals surface area contributed by atoms with Crippen LogP contribution in [0.15, 0.2) is 81.9 Å². The third-order valence-electron chi connectivity index (χ3n) is 2.51. The van der Waals surface area contributed by atoms with Gasteiger partial charge in [0.25, 0.3) is 0 Å². The van der Waals surface area contributed by atoms with Gasteiger partial charge in [0.05, 0.1) is 10.5 Å². The Kier molecular flexibility index (Phi) is 4.14. The lowest BCUT2D eigenvalue weighted by Gasteiger charge is -1.97. The number of allylic oxidation sites excluding steroid dienone is 9. The Hall–Kier alpha value is -2.64. The molecule has 0 bridgehead atoms. The molecule has 5 heteroatoms. The summed E-state index contributed by atoms with van der Waals surface area (Å²) in [6, 6.07) is 0. The van der Waals surface area contributed by atoms with Gasteiger partial charge in [-0.3, -0.25) is 14.9 Å². The summed E-state index contributed by atoms with van der Waals surface area (Å²) in [6.07, 6.45) is 12.5. The van der Waals surface area contributed by atoms with Gasteiger partial charge in [0.2, 0.25) is 5.78 Å². The molecule has 0 spiro atoms. The van der Waals surface area contributed by atoms with Crippen LogP contribution in [0, 0.1) is 10.1 Å². The van der Waals surface area contributed by atoms with E-state index in [1.54, 1.807) is 30.4 Å². The van der Waals surface area contributed by atoms with E-state index in [1.165, 1.54) is 18.2 Å². The van der Waals surface area contributed by atoms with Gasteiger partial charge in [0, 0.05) is 5.57 Å². The van der Waals surface area contributed by atoms with Crippen molar-refractivity contribution in [2.24, 2.45) is 0 Å². The van der Waals surface area contributed by atoms with Crippen molar-refractivity contribution in [2.75, 3.05) is 0 Å². The normalized spacial score (nSPS) is 16.6. The molecule has 98 valence electrons. The van der Waals surface area contributed by atoms with Crippen LogP contribution in [0.4, 0.5) is 0 Å². The highest BCUT2D eigenvalue weighted by Crippen LogP contribution is 2.19. The van der Waals surface area contributed by atoms with Gasteiger partial charge in [-0.2, -0.15) is 0 Å². The lowest BCUT2D eigenvalue weighted by molar-refractivity contribution is -0.419. The number of Topliss-reactive ketones (excluding diaryl/α,β-unsaturated/α-hetero) is 1. The summed E-state index contributed by atoms with van der Waals surface area (Å²) < 4.78 is 0. The van der Waals surface area contributed by atoms with Crippen molar-refractivity contribution in [1.82, 2.24) is 0 Å². The summed E-state index contributed by atoms with van der Waals surface area (Å²) in [5, 5.41) is 10.7. The molecule has 0 unspecified atom stereocenters. The highest BCUT2D eigenvalue weighted by Gasteiger charge is 2.18. The predicted octanol–water partition coefficient (Wildman–Crippen LogP) is 3.14. The molecule has 20 heavy (non-hydrogen) atoms. The summed E-state index contributed by atoms with van der Waals surface area (Å²) >= 11 is 5.76. The van der Waals surface area contributed by atoms with E-state index in [2.05, 4.69) is 11.5 Å². The lowest BCUT2D eigenvalue weighted by Crippen LogP contribution is -2.01. The Bertz CT molecular complexity index is 735. The van der Waals surface area contributed by atoms with Crippen LogP contribution in [0.1, 0.15) is 0 Å². The van der Waals surface area contributed by atoms with Crippen LogP contribution < -0.4 is 0 Å². The van der Waals surface area contributed by atoms with Crippen LogP contribution in [0.2, 0.25) is 0 Å². The van der Waals surface area contributed by atoms with Crippen LogP contribution in [-0.4, -0.2) is 10.7 Å². The molecule has 0 atom stereocenters. The molecule has 2 aliphatic carbocycles. The van der Waals surface area contributed by atoms with E-state index in [0.29, 0.717) is 5.57 Å². The van der Waals surface area contributed by atoms with E-state index >= 15 is 0 Å². The fourth-order valence-corrected chi connectivity index (χ4v) is 1.73. The number of nitrogens with zero attached hydrogens (tertiary/aromatic N) is 1. The average molecular weight is 286 g/mol. The van der Waals surface area contributed by atoms with Crippen LogP contribution >= 0.6 is 11.6 Å². The number of nitro groups is 1. The largest absolute Gasteiger partial charge is 0.330 e.